The van der Waals surface area contributed by atoms with Crippen molar-refractivity contribution in [1.29, 1.82) is 0 Å². The second-order valence-corrected chi connectivity index (χ2v) is 5.96. The lowest BCUT2D eigenvalue weighted by Crippen LogP contribution is -2.26. The third-order valence-corrected chi connectivity index (χ3v) is 4.13. The number of sulfonamides is 1. The maximum Gasteiger partial charge on any atom is 0.244 e. The molecule has 1 aromatic rings. The Morgan fingerprint density at radius 2 is 2.12 bits per heavy atom. The molecule has 1 aromatic carbocycles. The molecule has 2 rings (SSSR count). The van der Waals surface area contributed by atoms with E-state index in [2.05, 4.69) is 4.72 Å². The van der Waals surface area contributed by atoms with Gasteiger partial charge in [0.25, 0.3) is 0 Å². The van der Waals surface area contributed by atoms with Crippen LogP contribution in [0.15, 0.2) is 23.1 Å². The summed E-state index contributed by atoms with van der Waals surface area (Å²) < 4.78 is 32.3. The Labute approximate surface area is 102 Å². The number of ether oxygens (including phenoxy) is 1. The molecule has 0 aromatic heterocycles. The van der Waals surface area contributed by atoms with Crippen LogP contribution in [0.5, 0.6) is 5.75 Å². The fourth-order valence-corrected chi connectivity index (χ4v) is 3.12. The highest BCUT2D eigenvalue weighted by molar-refractivity contribution is 7.89. The highest BCUT2D eigenvalue weighted by Gasteiger charge is 2.29. The topological polar surface area (TPSA) is 55.4 Å². The van der Waals surface area contributed by atoms with E-state index in [1.165, 1.54) is 0 Å². The summed E-state index contributed by atoms with van der Waals surface area (Å²) in [7, 11) is -3.45. The number of benzene rings is 1. The molecule has 5 heteroatoms. The molecular formula is C12H17NO3S. The molecule has 1 aliphatic rings. The third-order valence-electron chi connectivity index (χ3n) is 2.59. The van der Waals surface area contributed by atoms with E-state index in [0.29, 0.717) is 12.4 Å². The first-order valence-electron chi connectivity index (χ1n) is 5.78. The third kappa shape index (κ3) is 2.98. The van der Waals surface area contributed by atoms with Crippen LogP contribution < -0.4 is 9.46 Å². The van der Waals surface area contributed by atoms with Crippen LogP contribution >= 0.6 is 0 Å². The monoisotopic (exact) mass is 255 g/mol. The van der Waals surface area contributed by atoms with Gasteiger partial charge in [0.2, 0.25) is 10.0 Å². The molecule has 94 valence electrons. The number of aryl methyl sites for hydroxylation is 1. The number of rotatable bonds is 5. The molecule has 0 saturated heterocycles. The zero-order chi connectivity index (χ0) is 12.5. The Balaban J connectivity index is 2.36. The molecule has 1 aliphatic carbocycles. The van der Waals surface area contributed by atoms with Gasteiger partial charge in [-0.2, -0.15) is 0 Å². The predicted molar refractivity (Wildman–Crippen MR) is 65.7 cm³/mol. The van der Waals surface area contributed by atoms with Gasteiger partial charge in [-0.3, -0.25) is 0 Å². The largest absolute Gasteiger partial charge is 0.492 e. The molecule has 0 heterocycles. The van der Waals surface area contributed by atoms with Crippen LogP contribution in [0, 0.1) is 6.92 Å². The van der Waals surface area contributed by atoms with Gasteiger partial charge in [-0.15, -0.1) is 0 Å². The summed E-state index contributed by atoms with van der Waals surface area (Å²) in [5, 5.41) is 0. The van der Waals surface area contributed by atoms with Crippen molar-refractivity contribution >= 4 is 10.0 Å². The van der Waals surface area contributed by atoms with E-state index in [0.717, 1.165) is 18.4 Å². The number of hydrogen-bond acceptors (Lipinski definition) is 3. The molecule has 0 amide bonds. The van der Waals surface area contributed by atoms with Crippen LogP contribution in [0.2, 0.25) is 0 Å². The predicted octanol–water partition coefficient (Wildman–Crippen LogP) is 1.83. The van der Waals surface area contributed by atoms with Crippen molar-refractivity contribution in [3.05, 3.63) is 23.8 Å². The first-order chi connectivity index (χ1) is 8.03. The fourth-order valence-electron chi connectivity index (χ4n) is 1.58. The molecule has 1 N–H and O–H groups in total. The molecule has 0 unspecified atom stereocenters. The molecule has 0 bridgehead atoms. The first-order valence-corrected chi connectivity index (χ1v) is 7.27. The minimum Gasteiger partial charge on any atom is -0.492 e. The second kappa shape index (κ2) is 4.66. The van der Waals surface area contributed by atoms with Gasteiger partial charge in [0, 0.05) is 6.04 Å². The van der Waals surface area contributed by atoms with Crippen molar-refractivity contribution in [2.45, 2.75) is 37.6 Å². The van der Waals surface area contributed by atoms with Crippen LogP contribution in [0.3, 0.4) is 0 Å². The van der Waals surface area contributed by atoms with Crippen LogP contribution in [0.25, 0.3) is 0 Å². The van der Waals surface area contributed by atoms with Crippen LogP contribution in [0.1, 0.15) is 25.3 Å². The maximum absolute atomic E-state index is 12.1. The Hall–Kier alpha value is -1.07. The summed E-state index contributed by atoms with van der Waals surface area (Å²) >= 11 is 0. The van der Waals surface area contributed by atoms with E-state index in [1.54, 1.807) is 12.1 Å². The molecule has 0 spiro atoms. The van der Waals surface area contributed by atoms with Gasteiger partial charge in [0.15, 0.2) is 0 Å². The fraction of sp³-hybridized carbons (Fsp3) is 0.500. The van der Waals surface area contributed by atoms with Gasteiger partial charge in [-0.25, -0.2) is 13.1 Å². The van der Waals surface area contributed by atoms with Gasteiger partial charge >= 0.3 is 0 Å². The minimum absolute atomic E-state index is 0.106. The lowest BCUT2D eigenvalue weighted by atomic mass is 10.2. The molecule has 1 saturated carbocycles. The molecule has 0 radical (unpaired) electrons. The normalized spacial score (nSPS) is 15.9. The standard InChI is InChI=1S/C12H17NO3S/c1-3-16-11-7-4-9(2)8-12(11)17(14,15)13-10-5-6-10/h4,7-8,10,13H,3,5-6H2,1-2H3. The summed E-state index contributed by atoms with van der Waals surface area (Å²) in [6, 6.07) is 5.31. The van der Waals surface area contributed by atoms with Crippen molar-refractivity contribution in [1.82, 2.24) is 4.72 Å². The average Bonchev–Trinajstić information content (AvgIpc) is 3.04. The van der Waals surface area contributed by atoms with Crippen molar-refractivity contribution in [2.75, 3.05) is 6.61 Å². The van der Waals surface area contributed by atoms with E-state index in [-0.39, 0.29) is 10.9 Å². The Bertz CT molecular complexity index is 506. The van der Waals surface area contributed by atoms with Gasteiger partial charge in [0.1, 0.15) is 10.6 Å². The van der Waals surface area contributed by atoms with Gasteiger partial charge in [0.05, 0.1) is 6.61 Å². The van der Waals surface area contributed by atoms with Crippen molar-refractivity contribution < 1.29 is 13.2 Å². The van der Waals surface area contributed by atoms with Gasteiger partial charge in [-0.05, 0) is 44.4 Å². The summed E-state index contributed by atoms with van der Waals surface area (Å²) in [5.41, 5.74) is 0.907. The number of hydrogen-bond donors (Lipinski definition) is 1. The smallest absolute Gasteiger partial charge is 0.244 e. The molecule has 1 fully saturated rings. The van der Waals surface area contributed by atoms with Crippen LogP contribution in [0.4, 0.5) is 0 Å². The summed E-state index contributed by atoms with van der Waals surface area (Å²) in [4.78, 5) is 0.242. The minimum atomic E-state index is -3.45. The molecule has 0 aliphatic heterocycles. The Morgan fingerprint density at radius 1 is 1.41 bits per heavy atom. The summed E-state index contributed by atoms with van der Waals surface area (Å²) in [6.07, 6.45) is 1.85. The lowest BCUT2D eigenvalue weighted by Gasteiger charge is -2.12. The Kier molecular flexibility index (Phi) is 3.40. The van der Waals surface area contributed by atoms with Crippen molar-refractivity contribution in [3.63, 3.8) is 0 Å². The van der Waals surface area contributed by atoms with E-state index in [4.69, 9.17) is 4.74 Å². The van der Waals surface area contributed by atoms with Crippen LogP contribution in [-0.2, 0) is 10.0 Å². The molecule has 17 heavy (non-hydrogen) atoms. The van der Waals surface area contributed by atoms with E-state index in [9.17, 15) is 8.42 Å². The zero-order valence-corrected chi connectivity index (χ0v) is 10.9. The number of nitrogens with one attached hydrogen (secondary N) is 1. The highest BCUT2D eigenvalue weighted by atomic mass is 32.2. The molecular weight excluding hydrogens is 238 g/mol. The quantitative estimate of drug-likeness (QED) is 0.873. The van der Waals surface area contributed by atoms with E-state index >= 15 is 0 Å². The summed E-state index contributed by atoms with van der Waals surface area (Å²) in [5.74, 6) is 0.422. The SMILES string of the molecule is CCOc1ccc(C)cc1S(=O)(=O)NC1CC1. The Morgan fingerprint density at radius 3 is 2.71 bits per heavy atom. The molecule has 0 atom stereocenters. The second-order valence-electron chi connectivity index (χ2n) is 4.28. The zero-order valence-electron chi connectivity index (χ0n) is 10.1. The van der Waals surface area contributed by atoms with Crippen molar-refractivity contribution in [3.8, 4) is 5.75 Å². The van der Waals surface area contributed by atoms with E-state index in [1.807, 2.05) is 19.9 Å². The highest BCUT2D eigenvalue weighted by Crippen LogP contribution is 2.28. The van der Waals surface area contributed by atoms with Crippen molar-refractivity contribution in [2.24, 2.45) is 0 Å². The van der Waals surface area contributed by atoms with Gasteiger partial charge in [-0.1, -0.05) is 6.07 Å². The van der Waals surface area contributed by atoms with Crippen LogP contribution in [-0.4, -0.2) is 21.1 Å². The average molecular weight is 255 g/mol. The molecule has 4 nitrogen and oxygen atoms in total. The lowest BCUT2D eigenvalue weighted by molar-refractivity contribution is 0.331. The first kappa shape index (κ1) is 12.4. The maximum atomic E-state index is 12.1. The van der Waals surface area contributed by atoms with Gasteiger partial charge < -0.3 is 4.74 Å². The summed E-state index contributed by atoms with van der Waals surface area (Å²) in [6.45, 7) is 4.16. The van der Waals surface area contributed by atoms with E-state index < -0.39 is 10.0 Å².